The molecule has 0 N–H and O–H groups in total. The third kappa shape index (κ3) is 3.84. The van der Waals surface area contributed by atoms with Crippen molar-refractivity contribution in [1.29, 1.82) is 0 Å². The summed E-state index contributed by atoms with van der Waals surface area (Å²) in [7, 11) is 4.22. The van der Waals surface area contributed by atoms with Crippen LogP contribution < -0.4 is 0 Å². The van der Waals surface area contributed by atoms with Gasteiger partial charge >= 0.3 is 0 Å². The van der Waals surface area contributed by atoms with Crippen LogP contribution in [0.2, 0.25) is 0 Å². The average molecular weight is 414 g/mol. The van der Waals surface area contributed by atoms with Gasteiger partial charge in [-0.25, -0.2) is 0 Å². The molecule has 31 heavy (non-hydrogen) atoms. The van der Waals surface area contributed by atoms with Crippen LogP contribution in [0.5, 0.6) is 0 Å². The van der Waals surface area contributed by atoms with Crippen LogP contribution in [0.15, 0.2) is 42.6 Å². The minimum absolute atomic E-state index is 0.892. The molecule has 2 aliphatic rings. The molecule has 1 fully saturated rings. The number of likely N-dealkylation sites (N-methyl/N-ethyl adjacent to an activating group) is 1. The molecule has 0 bridgehead atoms. The summed E-state index contributed by atoms with van der Waals surface area (Å²) in [5.41, 5.74) is 11.0. The highest BCUT2D eigenvalue weighted by atomic mass is 15.3. The summed E-state index contributed by atoms with van der Waals surface area (Å²) in [6.07, 6.45) is 5.22. The van der Waals surface area contributed by atoms with Gasteiger partial charge in [-0.15, -0.1) is 0 Å². The number of hydrogen-bond acceptors (Lipinski definition) is 4. The molecule has 1 aliphatic carbocycles. The fraction of sp³-hybridized carbons (Fsp3) is 0.385. The first-order valence-electron chi connectivity index (χ1n) is 11.2. The quantitative estimate of drug-likeness (QED) is 0.651. The molecule has 160 valence electrons. The fourth-order valence-corrected chi connectivity index (χ4v) is 4.82. The first-order chi connectivity index (χ1) is 15.0. The van der Waals surface area contributed by atoms with Crippen molar-refractivity contribution in [1.82, 2.24) is 24.6 Å². The summed E-state index contributed by atoms with van der Waals surface area (Å²) in [5.74, 6) is 0. The van der Waals surface area contributed by atoms with Crippen LogP contribution in [-0.2, 0) is 20.0 Å². The topological polar surface area (TPSA) is 37.2 Å². The van der Waals surface area contributed by atoms with Gasteiger partial charge in [-0.05, 0) is 43.7 Å². The highest BCUT2D eigenvalue weighted by molar-refractivity contribution is 5.87. The van der Waals surface area contributed by atoms with Crippen molar-refractivity contribution in [2.24, 2.45) is 7.05 Å². The van der Waals surface area contributed by atoms with Crippen LogP contribution in [-0.4, -0.2) is 57.8 Å². The summed E-state index contributed by atoms with van der Waals surface area (Å²) in [5, 5.41) is 4.62. The van der Waals surface area contributed by atoms with E-state index in [0.29, 0.717) is 0 Å². The second-order valence-corrected chi connectivity index (χ2v) is 8.99. The maximum Gasteiger partial charge on any atom is 0.0674 e. The molecular formula is C26H31N5. The van der Waals surface area contributed by atoms with Crippen LogP contribution in [0.25, 0.3) is 16.7 Å². The Morgan fingerprint density at radius 3 is 2.35 bits per heavy atom. The lowest BCUT2D eigenvalue weighted by molar-refractivity contribution is 0.148. The van der Waals surface area contributed by atoms with Crippen molar-refractivity contribution >= 4 is 5.57 Å². The number of benzene rings is 1. The molecule has 0 amide bonds. The van der Waals surface area contributed by atoms with Gasteiger partial charge in [0.2, 0.25) is 0 Å². The van der Waals surface area contributed by atoms with E-state index in [-0.39, 0.29) is 0 Å². The fourth-order valence-electron chi connectivity index (χ4n) is 4.82. The molecule has 5 rings (SSSR count). The van der Waals surface area contributed by atoms with Gasteiger partial charge in [0.05, 0.1) is 11.4 Å². The lowest BCUT2D eigenvalue weighted by Gasteiger charge is -2.32. The van der Waals surface area contributed by atoms with Crippen molar-refractivity contribution in [3.05, 3.63) is 76.4 Å². The standard InChI is InChI=1S/C26H31N5/c1-18-26(19(2)30(4)28-18)23-9-10-25-24(23)15-22(16-27-25)21-7-5-20(6-8-21)17-31-13-11-29(3)12-14-31/h5-9,15-16H,10-14,17H2,1-4H3. The molecule has 3 heterocycles. The van der Waals surface area contributed by atoms with E-state index < -0.39 is 0 Å². The molecule has 0 atom stereocenters. The largest absolute Gasteiger partial charge is 0.304 e. The summed E-state index contributed by atoms with van der Waals surface area (Å²) in [6, 6.07) is 11.3. The summed E-state index contributed by atoms with van der Waals surface area (Å²) in [4.78, 5) is 9.75. The number of fused-ring (bicyclic) bond motifs is 1. The molecular weight excluding hydrogens is 382 g/mol. The number of hydrogen-bond donors (Lipinski definition) is 0. The molecule has 0 spiro atoms. The number of nitrogens with zero attached hydrogens (tertiary/aromatic N) is 5. The maximum atomic E-state index is 4.81. The van der Waals surface area contributed by atoms with E-state index in [4.69, 9.17) is 4.98 Å². The second kappa shape index (κ2) is 8.06. The van der Waals surface area contributed by atoms with Gasteiger partial charge in [0.15, 0.2) is 0 Å². The maximum absolute atomic E-state index is 4.81. The highest BCUT2D eigenvalue weighted by Crippen LogP contribution is 2.36. The van der Waals surface area contributed by atoms with Crippen molar-refractivity contribution in [2.75, 3.05) is 33.2 Å². The summed E-state index contributed by atoms with van der Waals surface area (Å²) < 4.78 is 1.97. The van der Waals surface area contributed by atoms with E-state index in [1.54, 1.807) is 0 Å². The number of piperazine rings is 1. The molecule has 0 unspecified atom stereocenters. The van der Waals surface area contributed by atoms with Crippen LogP contribution in [0.1, 0.15) is 33.8 Å². The third-order valence-electron chi connectivity index (χ3n) is 6.83. The van der Waals surface area contributed by atoms with Gasteiger partial charge in [-0.2, -0.15) is 5.10 Å². The lowest BCUT2D eigenvalue weighted by atomic mass is 9.96. The van der Waals surface area contributed by atoms with Crippen LogP contribution >= 0.6 is 0 Å². The third-order valence-corrected chi connectivity index (χ3v) is 6.83. The predicted octanol–water partition coefficient (Wildman–Crippen LogP) is 3.83. The van der Waals surface area contributed by atoms with E-state index in [2.05, 4.69) is 72.2 Å². The Balaban J connectivity index is 1.38. The normalized spacial score (nSPS) is 17.1. The van der Waals surface area contributed by atoms with Crippen LogP contribution in [0.4, 0.5) is 0 Å². The summed E-state index contributed by atoms with van der Waals surface area (Å²) in [6.45, 7) is 9.88. The zero-order valence-corrected chi connectivity index (χ0v) is 19.0. The Kier molecular flexibility index (Phi) is 5.24. The SMILES string of the molecule is Cc1nn(C)c(C)c1C1=CCc2ncc(-c3ccc(CN4CCN(C)CC4)cc3)cc21. The van der Waals surface area contributed by atoms with E-state index in [1.807, 2.05) is 17.9 Å². The average Bonchev–Trinajstić information content (AvgIpc) is 3.29. The first kappa shape index (κ1) is 20.2. The first-order valence-corrected chi connectivity index (χ1v) is 11.2. The number of aromatic nitrogens is 3. The minimum Gasteiger partial charge on any atom is -0.304 e. The number of aryl methyl sites for hydroxylation is 2. The Labute approximate surface area is 185 Å². The van der Waals surface area contributed by atoms with Gasteiger partial charge in [0.25, 0.3) is 0 Å². The smallest absolute Gasteiger partial charge is 0.0674 e. The molecule has 0 radical (unpaired) electrons. The molecule has 2 aromatic heterocycles. The van der Waals surface area contributed by atoms with Crippen LogP contribution in [0, 0.1) is 13.8 Å². The van der Waals surface area contributed by atoms with Gasteiger partial charge in [-0.1, -0.05) is 30.3 Å². The Bertz CT molecular complexity index is 1130. The van der Waals surface area contributed by atoms with Crippen molar-refractivity contribution < 1.29 is 0 Å². The van der Waals surface area contributed by atoms with Crippen molar-refractivity contribution in [3.8, 4) is 11.1 Å². The molecule has 5 nitrogen and oxygen atoms in total. The van der Waals surface area contributed by atoms with E-state index >= 15 is 0 Å². The zero-order valence-electron chi connectivity index (χ0n) is 19.0. The molecule has 0 saturated carbocycles. The molecule has 3 aromatic rings. The van der Waals surface area contributed by atoms with Gasteiger partial charge in [0.1, 0.15) is 0 Å². The Morgan fingerprint density at radius 2 is 1.68 bits per heavy atom. The van der Waals surface area contributed by atoms with Gasteiger partial charge in [-0.3, -0.25) is 14.6 Å². The molecule has 5 heteroatoms. The molecule has 1 aromatic carbocycles. The van der Waals surface area contributed by atoms with E-state index in [0.717, 1.165) is 50.5 Å². The lowest BCUT2D eigenvalue weighted by Crippen LogP contribution is -2.43. The second-order valence-electron chi connectivity index (χ2n) is 8.99. The highest BCUT2D eigenvalue weighted by Gasteiger charge is 2.23. The Morgan fingerprint density at radius 1 is 0.935 bits per heavy atom. The number of rotatable bonds is 4. The summed E-state index contributed by atoms with van der Waals surface area (Å²) >= 11 is 0. The molecule has 1 aliphatic heterocycles. The zero-order chi connectivity index (χ0) is 21.5. The van der Waals surface area contributed by atoms with Crippen molar-refractivity contribution in [2.45, 2.75) is 26.8 Å². The molecule has 1 saturated heterocycles. The van der Waals surface area contributed by atoms with Crippen LogP contribution in [0.3, 0.4) is 0 Å². The van der Waals surface area contributed by atoms with E-state index in [1.165, 1.54) is 39.1 Å². The predicted molar refractivity (Wildman–Crippen MR) is 126 cm³/mol. The Hall–Kier alpha value is -2.76. The van der Waals surface area contributed by atoms with Gasteiger partial charge in [0, 0.05) is 74.8 Å². The number of pyridine rings is 1. The number of allylic oxidation sites excluding steroid dienone is 1. The monoisotopic (exact) mass is 413 g/mol. The van der Waals surface area contributed by atoms with Gasteiger partial charge < -0.3 is 4.90 Å². The van der Waals surface area contributed by atoms with Crippen molar-refractivity contribution in [3.63, 3.8) is 0 Å². The minimum atomic E-state index is 0.892. The van der Waals surface area contributed by atoms with E-state index in [9.17, 15) is 0 Å².